The minimum atomic E-state index is -0.759. The van der Waals surface area contributed by atoms with Gasteiger partial charge in [-0.05, 0) is 81.2 Å². The van der Waals surface area contributed by atoms with Crippen molar-refractivity contribution in [2.75, 3.05) is 20.1 Å². The number of carboxylic acid groups (broad SMARTS) is 1. The maximum atomic E-state index is 13.3. The van der Waals surface area contributed by atoms with Gasteiger partial charge in [0, 0.05) is 26.6 Å². The first kappa shape index (κ1) is 21.6. The highest BCUT2D eigenvalue weighted by atomic mass is 16.4. The molecule has 1 N–H and O–H groups in total. The Balaban J connectivity index is 1.59. The number of hydrogen-bond acceptors (Lipinski definition) is 4. The largest absolute Gasteiger partial charge is 0.481 e. The lowest BCUT2D eigenvalue weighted by Gasteiger charge is -2.29. The molecular weight excluding hydrogens is 396 g/mol. The Labute approximate surface area is 181 Å². The van der Waals surface area contributed by atoms with Gasteiger partial charge in [0.25, 0.3) is 0 Å². The summed E-state index contributed by atoms with van der Waals surface area (Å²) in [7, 11) is 3.78. The molecule has 8 heteroatoms. The number of rotatable bonds is 5. The van der Waals surface area contributed by atoms with E-state index in [0.29, 0.717) is 18.0 Å². The SMILES string of the molecule is CN1CCc2ccc(-n3c(=O)n(C)n(C4CCC(CCC(=O)O)CC4)c3=O)cc2CC1. The van der Waals surface area contributed by atoms with Crippen LogP contribution in [0, 0.1) is 5.92 Å². The van der Waals surface area contributed by atoms with Gasteiger partial charge < -0.3 is 10.0 Å². The lowest BCUT2D eigenvalue weighted by Crippen LogP contribution is -2.32. The predicted molar refractivity (Wildman–Crippen MR) is 118 cm³/mol. The van der Waals surface area contributed by atoms with Crippen molar-refractivity contribution in [3.05, 3.63) is 50.3 Å². The third-order valence-corrected chi connectivity index (χ3v) is 7.08. The zero-order valence-corrected chi connectivity index (χ0v) is 18.4. The van der Waals surface area contributed by atoms with Gasteiger partial charge in [0.05, 0.1) is 11.7 Å². The van der Waals surface area contributed by atoms with Crippen molar-refractivity contribution in [1.82, 2.24) is 18.8 Å². The Hall–Kier alpha value is -2.61. The first-order chi connectivity index (χ1) is 14.8. The monoisotopic (exact) mass is 428 g/mol. The van der Waals surface area contributed by atoms with Gasteiger partial charge in [-0.25, -0.2) is 23.5 Å². The van der Waals surface area contributed by atoms with Crippen LogP contribution >= 0.6 is 0 Å². The number of hydrogen-bond donors (Lipinski definition) is 1. The number of aromatic nitrogens is 3. The second-order valence-electron chi connectivity index (χ2n) is 9.13. The highest BCUT2D eigenvalue weighted by Crippen LogP contribution is 2.33. The molecule has 1 aromatic carbocycles. The zero-order chi connectivity index (χ0) is 22.1. The summed E-state index contributed by atoms with van der Waals surface area (Å²) < 4.78 is 4.35. The van der Waals surface area contributed by atoms with Crippen LogP contribution in [0.2, 0.25) is 0 Å². The van der Waals surface area contributed by atoms with Crippen molar-refractivity contribution in [3.63, 3.8) is 0 Å². The molecule has 1 aliphatic carbocycles. The summed E-state index contributed by atoms with van der Waals surface area (Å²) >= 11 is 0. The number of carbonyl (C=O) groups is 1. The van der Waals surface area contributed by atoms with Crippen LogP contribution in [0.3, 0.4) is 0 Å². The molecule has 0 saturated heterocycles. The summed E-state index contributed by atoms with van der Waals surface area (Å²) in [5.74, 6) is -0.380. The van der Waals surface area contributed by atoms with Crippen molar-refractivity contribution in [2.24, 2.45) is 13.0 Å². The topological polar surface area (TPSA) is 89.5 Å². The van der Waals surface area contributed by atoms with E-state index in [4.69, 9.17) is 5.11 Å². The molecule has 168 valence electrons. The zero-order valence-electron chi connectivity index (χ0n) is 18.4. The molecule has 2 heterocycles. The van der Waals surface area contributed by atoms with Crippen LogP contribution in [-0.4, -0.2) is 50.0 Å². The van der Waals surface area contributed by atoms with Crippen molar-refractivity contribution in [3.8, 4) is 5.69 Å². The first-order valence-electron chi connectivity index (χ1n) is 11.3. The van der Waals surface area contributed by atoms with Crippen LogP contribution in [0.5, 0.6) is 0 Å². The molecule has 0 spiro atoms. The van der Waals surface area contributed by atoms with Gasteiger partial charge in [-0.2, -0.15) is 0 Å². The van der Waals surface area contributed by atoms with E-state index in [9.17, 15) is 14.4 Å². The van der Waals surface area contributed by atoms with E-state index in [0.717, 1.165) is 51.6 Å². The molecule has 0 unspecified atom stereocenters. The van der Waals surface area contributed by atoms with Crippen LogP contribution in [0.4, 0.5) is 0 Å². The third-order valence-electron chi connectivity index (χ3n) is 7.08. The summed E-state index contributed by atoms with van der Waals surface area (Å²) in [4.78, 5) is 39.5. The van der Waals surface area contributed by atoms with Crippen LogP contribution in [0.1, 0.15) is 55.7 Å². The van der Waals surface area contributed by atoms with E-state index in [1.165, 1.54) is 20.4 Å². The smallest absolute Gasteiger partial charge is 0.352 e. The van der Waals surface area contributed by atoms with Crippen LogP contribution in [-0.2, 0) is 24.7 Å². The molecule has 2 aromatic rings. The Morgan fingerprint density at radius 3 is 2.35 bits per heavy atom. The molecule has 2 aliphatic rings. The number of carboxylic acids is 1. The summed E-state index contributed by atoms with van der Waals surface area (Å²) in [5, 5.41) is 8.90. The fourth-order valence-electron chi connectivity index (χ4n) is 5.14. The van der Waals surface area contributed by atoms with E-state index in [1.54, 1.807) is 11.7 Å². The van der Waals surface area contributed by atoms with Crippen molar-refractivity contribution in [2.45, 2.75) is 57.4 Å². The second kappa shape index (κ2) is 8.86. The highest BCUT2D eigenvalue weighted by molar-refractivity contribution is 5.66. The lowest BCUT2D eigenvalue weighted by molar-refractivity contribution is -0.137. The van der Waals surface area contributed by atoms with E-state index in [2.05, 4.69) is 18.0 Å². The van der Waals surface area contributed by atoms with Gasteiger partial charge in [-0.3, -0.25) is 4.79 Å². The number of nitrogens with zero attached hydrogens (tertiary/aromatic N) is 4. The molecule has 8 nitrogen and oxygen atoms in total. The molecule has 1 saturated carbocycles. The molecule has 0 radical (unpaired) electrons. The van der Waals surface area contributed by atoms with E-state index in [1.807, 2.05) is 12.1 Å². The Kier molecular flexibility index (Phi) is 6.18. The molecule has 0 amide bonds. The highest BCUT2D eigenvalue weighted by Gasteiger charge is 2.27. The van der Waals surface area contributed by atoms with E-state index in [-0.39, 0.29) is 23.8 Å². The van der Waals surface area contributed by atoms with Gasteiger partial charge in [0.1, 0.15) is 0 Å². The van der Waals surface area contributed by atoms with Crippen molar-refractivity contribution < 1.29 is 9.90 Å². The fraction of sp³-hybridized carbons (Fsp3) is 0.609. The minimum Gasteiger partial charge on any atom is -0.481 e. The summed E-state index contributed by atoms with van der Waals surface area (Å²) in [6.45, 7) is 1.98. The minimum absolute atomic E-state index is 0.0259. The average molecular weight is 429 g/mol. The van der Waals surface area contributed by atoms with Gasteiger partial charge in [-0.15, -0.1) is 0 Å². The molecule has 4 rings (SSSR count). The summed E-state index contributed by atoms with van der Waals surface area (Å²) in [6, 6.07) is 5.92. The van der Waals surface area contributed by atoms with Crippen molar-refractivity contribution in [1.29, 1.82) is 0 Å². The van der Waals surface area contributed by atoms with Gasteiger partial charge in [-0.1, -0.05) is 6.07 Å². The first-order valence-corrected chi connectivity index (χ1v) is 11.3. The molecule has 0 atom stereocenters. The predicted octanol–water partition coefficient (Wildman–Crippen LogP) is 1.96. The van der Waals surface area contributed by atoms with E-state index >= 15 is 0 Å². The standard InChI is InChI=1S/C23H32N4O4/c1-24-13-11-17-6-9-20(15-18(17)12-14-24)26-22(30)25(2)27(23(26)31)19-7-3-16(4-8-19)5-10-21(28)29/h6,9,15-16,19H,3-5,7-8,10-14H2,1-2H3,(H,28,29). The van der Waals surface area contributed by atoms with Gasteiger partial charge in [0.15, 0.2) is 0 Å². The molecule has 1 fully saturated rings. The summed E-state index contributed by atoms with van der Waals surface area (Å²) in [5.41, 5.74) is 2.54. The molecule has 1 aromatic heterocycles. The summed E-state index contributed by atoms with van der Waals surface area (Å²) in [6.07, 6.45) is 6.11. The van der Waals surface area contributed by atoms with Gasteiger partial charge in [0.2, 0.25) is 0 Å². The van der Waals surface area contributed by atoms with Crippen LogP contribution in [0.25, 0.3) is 5.69 Å². The van der Waals surface area contributed by atoms with Crippen LogP contribution < -0.4 is 11.4 Å². The number of fused-ring (bicyclic) bond motifs is 1. The van der Waals surface area contributed by atoms with E-state index < -0.39 is 5.97 Å². The Morgan fingerprint density at radius 2 is 1.68 bits per heavy atom. The quantitative estimate of drug-likeness (QED) is 0.786. The molecule has 1 aliphatic heterocycles. The molecule has 0 bridgehead atoms. The van der Waals surface area contributed by atoms with Crippen LogP contribution in [0.15, 0.2) is 27.8 Å². The number of aliphatic carboxylic acids is 1. The number of benzene rings is 1. The maximum absolute atomic E-state index is 13.3. The average Bonchev–Trinajstić information content (AvgIpc) is 2.88. The fourth-order valence-corrected chi connectivity index (χ4v) is 5.14. The Morgan fingerprint density at radius 1 is 1.00 bits per heavy atom. The molecule has 31 heavy (non-hydrogen) atoms. The van der Waals surface area contributed by atoms with Gasteiger partial charge >= 0.3 is 17.3 Å². The third kappa shape index (κ3) is 4.39. The van der Waals surface area contributed by atoms with Crippen molar-refractivity contribution >= 4 is 5.97 Å². The maximum Gasteiger partial charge on any atom is 0.352 e. The lowest BCUT2D eigenvalue weighted by atomic mass is 9.83. The normalized spacial score (nSPS) is 22.1. The number of likely N-dealkylation sites (N-methyl/N-ethyl adjacent to an activating group) is 1. The Bertz CT molecular complexity index is 1070. The molecular formula is C23H32N4O4. The second-order valence-corrected chi connectivity index (χ2v) is 9.13.